The molecule has 1 aromatic carbocycles. The smallest absolute Gasteiger partial charge is 0.247 e. The highest BCUT2D eigenvalue weighted by molar-refractivity contribution is 9.10. The molecule has 1 fully saturated rings. The van der Waals surface area contributed by atoms with Crippen LogP contribution in [0.15, 0.2) is 21.1 Å². The van der Waals surface area contributed by atoms with E-state index in [0.29, 0.717) is 11.7 Å². The van der Waals surface area contributed by atoms with Gasteiger partial charge in [0, 0.05) is 10.0 Å². The first-order valence-corrected chi connectivity index (χ1v) is 7.69. The Hall–Kier alpha value is -1.20. The summed E-state index contributed by atoms with van der Waals surface area (Å²) in [6, 6.07) is 4.12. The molecule has 106 valence electrons. The molecule has 0 atom stereocenters. The number of nitrogens with two attached hydrogens (primary N) is 1. The monoisotopic (exact) mass is 335 g/mol. The number of nitrogens with zero attached hydrogens (tertiary/aromatic N) is 2. The van der Waals surface area contributed by atoms with Gasteiger partial charge in [-0.25, -0.2) is 0 Å². The summed E-state index contributed by atoms with van der Waals surface area (Å²) in [5.41, 5.74) is 9.22. The Bertz CT molecular complexity index is 621. The lowest BCUT2D eigenvalue weighted by Gasteiger charge is -2.17. The Balaban J connectivity index is 1.98. The molecule has 5 heteroatoms. The molecule has 0 bridgehead atoms. The number of rotatable bonds is 2. The van der Waals surface area contributed by atoms with E-state index in [-0.39, 0.29) is 0 Å². The van der Waals surface area contributed by atoms with Crippen molar-refractivity contribution in [3.05, 3.63) is 33.6 Å². The molecule has 1 aromatic heterocycles. The normalized spacial score (nSPS) is 17.6. The second-order valence-corrected chi connectivity index (χ2v) is 6.50. The molecule has 0 saturated heterocycles. The SMILES string of the molecule is Cc1cc(-c2noc(C3(N)CCCC3)n2)cc(C)c1Br. The van der Waals surface area contributed by atoms with Crippen molar-refractivity contribution >= 4 is 15.9 Å². The van der Waals surface area contributed by atoms with E-state index in [0.717, 1.165) is 46.8 Å². The Morgan fingerprint density at radius 2 is 1.80 bits per heavy atom. The lowest BCUT2D eigenvalue weighted by Crippen LogP contribution is -2.33. The highest BCUT2D eigenvalue weighted by Crippen LogP contribution is 2.36. The first-order valence-electron chi connectivity index (χ1n) is 6.90. The summed E-state index contributed by atoms with van der Waals surface area (Å²) in [4.78, 5) is 4.53. The lowest BCUT2D eigenvalue weighted by atomic mass is 9.99. The molecule has 1 saturated carbocycles. The molecule has 0 unspecified atom stereocenters. The zero-order valence-corrected chi connectivity index (χ0v) is 13.3. The van der Waals surface area contributed by atoms with Gasteiger partial charge in [-0.2, -0.15) is 4.98 Å². The average molecular weight is 336 g/mol. The summed E-state index contributed by atoms with van der Waals surface area (Å²) in [7, 11) is 0. The molecule has 20 heavy (non-hydrogen) atoms. The van der Waals surface area contributed by atoms with Gasteiger partial charge in [0.25, 0.3) is 0 Å². The Kier molecular flexibility index (Phi) is 3.42. The van der Waals surface area contributed by atoms with E-state index in [4.69, 9.17) is 10.3 Å². The number of aryl methyl sites for hydroxylation is 2. The molecule has 1 heterocycles. The van der Waals surface area contributed by atoms with E-state index >= 15 is 0 Å². The second kappa shape index (κ2) is 4.97. The first kappa shape index (κ1) is 13.8. The highest BCUT2D eigenvalue weighted by Gasteiger charge is 2.36. The van der Waals surface area contributed by atoms with Crippen LogP contribution in [0, 0.1) is 13.8 Å². The van der Waals surface area contributed by atoms with Crippen molar-refractivity contribution in [2.75, 3.05) is 0 Å². The third-order valence-corrected chi connectivity index (χ3v) is 5.29. The van der Waals surface area contributed by atoms with Crippen LogP contribution in [0.5, 0.6) is 0 Å². The van der Waals surface area contributed by atoms with Crippen LogP contribution in [-0.2, 0) is 5.54 Å². The molecule has 3 rings (SSSR count). The molecule has 0 aliphatic heterocycles. The van der Waals surface area contributed by atoms with Gasteiger partial charge in [-0.3, -0.25) is 0 Å². The third kappa shape index (κ3) is 2.29. The van der Waals surface area contributed by atoms with Crippen LogP contribution >= 0.6 is 15.9 Å². The van der Waals surface area contributed by atoms with Crippen molar-refractivity contribution in [2.24, 2.45) is 5.73 Å². The van der Waals surface area contributed by atoms with Crippen LogP contribution in [0.1, 0.15) is 42.7 Å². The van der Waals surface area contributed by atoms with Crippen LogP contribution in [0.4, 0.5) is 0 Å². The largest absolute Gasteiger partial charge is 0.337 e. The van der Waals surface area contributed by atoms with Gasteiger partial charge in [0.1, 0.15) is 0 Å². The quantitative estimate of drug-likeness (QED) is 0.905. The topological polar surface area (TPSA) is 64.9 Å². The van der Waals surface area contributed by atoms with Gasteiger partial charge in [-0.15, -0.1) is 0 Å². The van der Waals surface area contributed by atoms with Crippen molar-refractivity contribution in [1.29, 1.82) is 0 Å². The van der Waals surface area contributed by atoms with E-state index in [1.807, 2.05) is 0 Å². The molecular weight excluding hydrogens is 318 g/mol. The zero-order chi connectivity index (χ0) is 14.3. The molecule has 0 spiro atoms. The maximum absolute atomic E-state index is 6.35. The number of benzene rings is 1. The van der Waals surface area contributed by atoms with E-state index in [1.165, 1.54) is 0 Å². The number of hydrogen-bond acceptors (Lipinski definition) is 4. The van der Waals surface area contributed by atoms with Gasteiger partial charge in [0.2, 0.25) is 11.7 Å². The fourth-order valence-electron chi connectivity index (χ4n) is 2.84. The van der Waals surface area contributed by atoms with E-state index < -0.39 is 5.54 Å². The van der Waals surface area contributed by atoms with Crippen LogP contribution in [0.2, 0.25) is 0 Å². The average Bonchev–Trinajstić information content (AvgIpc) is 3.05. The van der Waals surface area contributed by atoms with Crippen molar-refractivity contribution in [3.63, 3.8) is 0 Å². The molecule has 4 nitrogen and oxygen atoms in total. The van der Waals surface area contributed by atoms with Crippen molar-refractivity contribution in [1.82, 2.24) is 10.1 Å². The van der Waals surface area contributed by atoms with Gasteiger partial charge in [-0.1, -0.05) is 33.9 Å². The van der Waals surface area contributed by atoms with Gasteiger partial charge in [0.05, 0.1) is 5.54 Å². The maximum atomic E-state index is 6.35. The number of aromatic nitrogens is 2. The second-order valence-electron chi connectivity index (χ2n) is 5.71. The van der Waals surface area contributed by atoms with Crippen LogP contribution in [0.25, 0.3) is 11.4 Å². The fraction of sp³-hybridized carbons (Fsp3) is 0.467. The zero-order valence-electron chi connectivity index (χ0n) is 11.7. The van der Waals surface area contributed by atoms with E-state index in [2.05, 4.69) is 52.1 Å². The Morgan fingerprint density at radius 3 is 2.40 bits per heavy atom. The van der Waals surface area contributed by atoms with Gasteiger partial charge in [0.15, 0.2) is 0 Å². The van der Waals surface area contributed by atoms with Crippen molar-refractivity contribution in [2.45, 2.75) is 45.1 Å². The summed E-state index contributed by atoms with van der Waals surface area (Å²) in [5, 5.41) is 4.11. The molecule has 0 amide bonds. The Labute approximate surface area is 126 Å². The van der Waals surface area contributed by atoms with Gasteiger partial charge >= 0.3 is 0 Å². The summed E-state index contributed by atoms with van der Waals surface area (Å²) in [6.45, 7) is 4.12. The van der Waals surface area contributed by atoms with Gasteiger partial charge in [-0.05, 0) is 49.9 Å². The van der Waals surface area contributed by atoms with Crippen molar-refractivity contribution in [3.8, 4) is 11.4 Å². The van der Waals surface area contributed by atoms with Crippen LogP contribution in [-0.4, -0.2) is 10.1 Å². The van der Waals surface area contributed by atoms with Gasteiger partial charge < -0.3 is 10.3 Å². The first-order chi connectivity index (χ1) is 9.49. The summed E-state index contributed by atoms with van der Waals surface area (Å²) in [5.74, 6) is 1.19. The minimum atomic E-state index is -0.426. The number of halogens is 1. The maximum Gasteiger partial charge on any atom is 0.247 e. The summed E-state index contributed by atoms with van der Waals surface area (Å²) < 4.78 is 6.54. The third-order valence-electron chi connectivity index (χ3n) is 4.04. The van der Waals surface area contributed by atoms with Crippen LogP contribution < -0.4 is 5.73 Å². The molecule has 0 radical (unpaired) electrons. The molecule has 2 N–H and O–H groups in total. The highest BCUT2D eigenvalue weighted by atomic mass is 79.9. The summed E-state index contributed by atoms with van der Waals surface area (Å²) in [6.07, 6.45) is 4.11. The fourth-order valence-corrected chi connectivity index (χ4v) is 3.07. The predicted molar refractivity (Wildman–Crippen MR) is 81.2 cm³/mol. The number of hydrogen-bond donors (Lipinski definition) is 1. The van der Waals surface area contributed by atoms with E-state index in [9.17, 15) is 0 Å². The molecular formula is C15H18BrN3O. The standard InChI is InChI=1S/C15H18BrN3O/c1-9-7-11(8-10(2)12(9)16)13-18-14(20-19-13)15(17)5-3-4-6-15/h7-8H,3-6,17H2,1-2H3. The Morgan fingerprint density at radius 1 is 1.20 bits per heavy atom. The molecule has 1 aliphatic rings. The lowest BCUT2D eigenvalue weighted by molar-refractivity contribution is 0.285. The van der Waals surface area contributed by atoms with E-state index in [1.54, 1.807) is 0 Å². The van der Waals surface area contributed by atoms with Crippen molar-refractivity contribution < 1.29 is 4.52 Å². The molecule has 1 aliphatic carbocycles. The molecule has 2 aromatic rings. The van der Waals surface area contributed by atoms with Crippen LogP contribution in [0.3, 0.4) is 0 Å². The minimum Gasteiger partial charge on any atom is -0.337 e. The summed E-state index contributed by atoms with van der Waals surface area (Å²) >= 11 is 3.57. The predicted octanol–water partition coefficient (Wildman–Crippen LogP) is 3.84. The minimum absolute atomic E-state index is 0.426.